The molecule has 232 valence electrons. The first-order valence-electron chi connectivity index (χ1n) is 16.4. The zero-order valence-corrected chi connectivity index (χ0v) is 27.4. The van der Waals surface area contributed by atoms with E-state index in [1.807, 2.05) is 4.52 Å². The van der Waals surface area contributed by atoms with Crippen molar-refractivity contribution in [1.29, 1.82) is 0 Å². The number of benzene rings is 1. The predicted molar refractivity (Wildman–Crippen MR) is 178 cm³/mol. The molecule has 1 N–H and O–H groups in total. The standard InChI is InChI=1S/C36H52N6O/c1-8-9-32(34-23-42-36(37-24-38-42)28(6)27(34)5)35(25(2)3)33-22-31(11-10-26(33)4)30-12-14-40(15-13-30)29(7)41-18-16-39(17-19-41)20-21-43/h10-11,22-25,30,43H,7-9,12-21H2,1-6H3/b35-32+. The summed E-state index contributed by atoms with van der Waals surface area (Å²) in [5.41, 5.74) is 11.9. The van der Waals surface area contributed by atoms with E-state index in [0.717, 1.165) is 77.1 Å². The van der Waals surface area contributed by atoms with Crippen LogP contribution in [0.15, 0.2) is 43.1 Å². The average Bonchev–Trinajstić information content (AvgIpc) is 3.49. The second-order valence-corrected chi connectivity index (χ2v) is 12.9. The minimum absolute atomic E-state index is 0.238. The second kappa shape index (κ2) is 13.6. The molecule has 0 amide bonds. The molecular weight excluding hydrogens is 532 g/mol. The highest BCUT2D eigenvalue weighted by Crippen LogP contribution is 2.40. The number of likely N-dealkylation sites (tertiary alicyclic amines) is 1. The third-order valence-corrected chi connectivity index (χ3v) is 9.89. The smallest absolute Gasteiger partial charge is 0.158 e. The molecule has 2 aromatic heterocycles. The molecular formula is C36H52N6O. The first-order valence-corrected chi connectivity index (χ1v) is 16.4. The fourth-order valence-corrected chi connectivity index (χ4v) is 7.22. The zero-order valence-electron chi connectivity index (χ0n) is 27.4. The molecule has 7 heteroatoms. The molecule has 2 aliphatic heterocycles. The molecule has 0 unspecified atom stereocenters. The molecule has 0 spiro atoms. The van der Waals surface area contributed by atoms with Crippen LogP contribution in [0.2, 0.25) is 0 Å². The molecule has 0 radical (unpaired) electrons. The third-order valence-electron chi connectivity index (χ3n) is 9.89. The maximum absolute atomic E-state index is 9.27. The number of fused-ring (bicyclic) bond motifs is 1. The van der Waals surface area contributed by atoms with Crippen molar-refractivity contribution in [2.24, 2.45) is 5.92 Å². The summed E-state index contributed by atoms with van der Waals surface area (Å²) in [5, 5.41) is 13.8. The number of piperazine rings is 1. The second-order valence-electron chi connectivity index (χ2n) is 12.9. The minimum atomic E-state index is 0.238. The van der Waals surface area contributed by atoms with Gasteiger partial charge < -0.3 is 14.9 Å². The number of allylic oxidation sites excluding steroid dienone is 2. The highest BCUT2D eigenvalue weighted by atomic mass is 16.3. The van der Waals surface area contributed by atoms with E-state index in [-0.39, 0.29) is 6.61 Å². The molecule has 0 aliphatic carbocycles. The van der Waals surface area contributed by atoms with Crippen molar-refractivity contribution in [3.8, 4) is 0 Å². The monoisotopic (exact) mass is 584 g/mol. The first kappa shape index (κ1) is 31.3. The Balaban J connectivity index is 1.40. The third kappa shape index (κ3) is 6.53. The fourth-order valence-electron chi connectivity index (χ4n) is 7.22. The predicted octanol–water partition coefficient (Wildman–Crippen LogP) is 6.28. The molecule has 2 fully saturated rings. The number of nitrogens with zero attached hydrogens (tertiary/aromatic N) is 6. The Morgan fingerprint density at radius 2 is 1.67 bits per heavy atom. The van der Waals surface area contributed by atoms with E-state index in [0.29, 0.717) is 11.8 Å². The molecule has 0 saturated carbocycles. The van der Waals surface area contributed by atoms with Gasteiger partial charge >= 0.3 is 0 Å². The summed E-state index contributed by atoms with van der Waals surface area (Å²) in [4.78, 5) is 11.8. The van der Waals surface area contributed by atoms with E-state index >= 15 is 0 Å². The van der Waals surface area contributed by atoms with Crippen LogP contribution in [0.25, 0.3) is 16.8 Å². The molecule has 5 rings (SSSR count). The van der Waals surface area contributed by atoms with Gasteiger partial charge in [-0.3, -0.25) is 4.90 Å². The van der Waals surface area contributed by atoms with Crippen LogP contribution in [-0.4, -0.2) is 86.8 Å². The number of aliphatic hydroxyl groups excluding tert-OH is 1. The number of rotatable bonds is 10. The van der Waals surface area contributed by atoms with Crippen molar-refractivity contribution in [2.45, 2.75) is 73.1 Å². The van der Waals surface area contributed by atoms with E-state index in [2.05, 4.69) is 97.3 Å². The number of hydrogen-bond acceptors (Lipinski definition) is 6. The SMILES string of the molecule is C=C(N1CCC(c2ccc(C)c(/C(=C(\CCC)c3cn4ncnc4c(C)c3C)C(C)C)c2)CC1)N1CCN(CCO)CC1. The van der Waals surface area contributed by atoms with Crippen LogP contribution < -0.4 is 0 Å². The van der Waals surface area contributed by atoms with Crippen molar-refractivity contribution in [3.63, 3.8) is 0 Å². The molecule has 7 nitrogen and oxygen atoms in total. The number of hydrogen-bond donors (Lipinski definition) is 1. The van der Waals surface area contributed by atoms with Gasteiger partial charge in [-0.2, -0.15) is 5.10 Å². The number of β-amino-alcohol motifs (C(OH)–C–C–N with tert-alkyl or cyclic N) is 1. The van der Waals surface area contributed by atoms with E-state index in [1.165, 1.54) is 50.3 Å². The number of aliphatic hydroxyl groups is 1. The van der Waals surface area contributed by atoms with Crippen molar-refractivity contribution < 1.29 is 5.11 Å². The largest absolute Gasteiger partial charge is 0.395 e. The van der Waals surface area contributed by atoms with Crippen molar-refractivity contribution in [2.75, 3.05) is 52.4 Å². The number of piperidine rings is 1. The van der Waals surface area contributed by atoms with Gasteiger partial charge in [-0.25, -0.2) is 9.50 Å². The van der Waals surface area contributed by atoms with Crippen LogP contribution in [0.4, 0.5) is 0 Å². The normalized spacial score (nSPS) is 17.7. The Bertz CT molecular complexity index is 1450. The highest BCUT2D eigenvalue weighted by molar-refractivity contribution is 5.93. The van der Waals surface area contributed by atoms with E-state index in [1.54, 1.807) is 6.33 Å². The van der Waals surface area contributed by atoms with Gasteiger partial charge in [0.05, 0.1) is 12.4 Å². The van der Waals surface area contributed by atoms with Gasteiger partial charge in [0.15, 0.2) is 5.65 Å². The summed E-state index contributed by atoms with van der Waals surface area (Å²) in [6.45, 7) is 25.3. The van der Waals surface area contributed by atoms with Crippen molar-refractivity contribution >= 4 is 16.8 Å². The number of aryl methyl sites for hydroxylation is 2. The van der Waals surface area contributed by atoms with Crippen molar-refractivity contribution in [1.82, 2.24) is 29.3 Å². The Hall–Kier alpha value is -3.16. The lowest BCUT2D eigenvalue weighted by Gasteiger charge is -2.43. The van der Waals surface area contributed by atoms with Gasteiger partial charge in [-0.15, -0.1) is 0 Å². The Morgan fingerprint density at radius 1 is 0.977 bits per heavy atom. The van der Waals surface area contributed by atoms with Crippen LogP contribution in [-0.2, 0) is 0 Å². The lowest BCUT2D eigenvalue weighted by molar-refractivity contribution is 0.0999. The summed E-state index contributed by atoms with van der Waals surface area (Å²) in [5.74, 6) is 2.13. The maximum Gasteiger partial charge on any atom is 0.158 e. The van der Waals surface area contributed by atoms with Crippen LogP contribution in [0.1, 0.15) is 85.8 Å². The summed E-state index contributed by atoms with van der Waals surface area (Å²) >= 11 is 0. The average molecular weight is 585 g/mol. The lowest BCUT2D eigenvalue weighted by atomic mass is 9.80. The van der Waals surface area contributed by atoms with E-state index in [9.17, 15) is 5.11 Å². The van der Waals surface area contributed by atoms with Crippen LogP contribution in [0.5, 0.6) is 0 Å². The van der Waals surface area contributed by atoms with Crippen molar-refractivity contribution in [3.05, 3.63) is 76.5 Å². The molecule has 0 atom stereocenters. The van der Waals surface area contributed by atoms with Gasteiger partial charge in [0.2, 0.25) is 0 Å². The minimum Gasteiger partial charge on any atom is -0.395 e. The van der Waals surface area contributed by atoms with Gasteiger partial charge in [0.25, 0.3) is 0 Å². The molecule has 2 aliphatic rings. The summed E-state index contributed by atoms with van der Waals surface area (Å²) in [6.07, 6.45) is 8.28. The topological polar surface area (TPSA) is 60.1 Å². The molecule has 3 aromatic rings. The Morgan fingerprint density at radius 3 is 2.33 bits per heavy atom. The summed E-state index contributed by atoms with van der Waals surface area (Å²) in [7, 11) is 0. The maximum atomic E-state index is 9.27. The van der Waals surface area contributed by atoms with Crippen LogP contribution in [0.3, 0.4) is 0 Å². The van der Waals surface area contributed by atoms with Crippen LogP contribution >= 0.6 is 0 Å². The van der Waals surface area contributed by atoms with Gasteiger partial charge in [-0.1, -0.05) is 52.0 Å². The summed E-state index contributed by atoms with van der Waals surface area (Å²) < 4.78 is 1.95. The molecule has 4 heterocycles. The van der Waals surface area contributed by atoms with E-state index < -0.39 is 0 Å². The quantitative estimate of drug-likeness (QED) is 0.303. The number of aromatic nitrogens is 3. The Labute approximate surface area is 258 Å². The molecule has 43 heavy (non-hydrogen) atoms. The zero-order chi connectivity index (χ0) is 30.7. The van der Waals surface area contributed by atoms with Gasteiger partial charge in [0, 0.05) is 52.0 Å². The highest BCUT2D eigenvalue weighted by Gasteiger charge is 2.27. The Kier molecular flexibility index (Phi) is 9.92. The molecule has 1 aromatic carbocycles. The van der Waals surface area contributed by atoms with Gasteiger partial charge in [0.1, 0.15) is 6.33 Å². The fraction of sp³-hybridized carbons (Fsp3) is 0.556. The molecule has 0 bridgehead atoms. The number of pyridine rings is 1. The molecule has 2 saturated heterocycles. The summed E-state index contributed by atoms with van der Waals surface area (Å²) in [6, 6.07) is 7.25. The van der Waals surface area contributed by atoms with Gasteiger partial charge in [-0.05, 0) is 96.4 Å². The first-order chi connectivity index (χ1) is 20.7. The van der Waals surface area contributed by atoms with E-state index in [4.69, 9.17) is 0 Å². The van der Waals surface area contributed by atoms with Crippen LogP contribution in [0, 0.1) is 26.7 Å². The lowest BCUT2D eigenvalue weighted by Crippen LogP contribution is -2.49.